The van der Waals surface area contributed by atoms with Gasteiger partial charge >= 0.3 is 10.4 Å². The van der Waals surface area contributed by atoms with Gasteiger partial charge in [-0.2, -0.15) is 8.42 Å². The minimum absolute atomic E-state index is 0.0370. The topological polar surface area (TPSA) is 164 Å². The Kier molecular flexibility index (Phi) is 7.46. The van der Waals surface area contributed by atoms with Crippen molar-refractivity contribution in [1.29, 1.82) is 0 Å². The van der Waals surface area contributed by atoms with Gasteiger partial charge in [-0.1, -0.05) is 31.4 Å². The maximum Gasteiger partial charge on any atom is 0.397 e. The van der Waals surface area contributed by atoms with Crippen LogP contribution >= 0.6 is 0 Å². The molecule has 1 aliphatic rings. The molecule has 0 amide bonds. The first-order valence-electron chi connectivity index (χ1n) is 8.42. The molecule has 0 aromatic carbocycles. The first kappa shape index (κ1) is 21.2. The fraction of sp³-hybridized carbons (Fsp3) is 0.857. The molecule has 1 fully saturated rings. The summed E-state index contributed by atoms with van der Waals surface area (Å²) in [7, 11) is -4.67. The Labute approximate surface area is 151 Å². The van der Waals surface area contributed by atoms with E-state index < -0.39 is 47.5 Å². The van der Waals surface area contributed by atoms with Crippen molar-refractivity contribution in [2.45, 2.75) is 69.7 Å². The van der Waals surface area contributed by atoms with Gasteiger partial charge in [0.05, 0.1) is 25.5 Å². The van der Waals surface area contributed by atoms with Crippen LogP contribution in [0.4, 0.5) is 0 Å². The van der Waals surface area contributed by atoms with Crippen LogP contribution in [-0.4, -0.2) is 74.3 Å². The van der Waals surface area contributed by atoms with Gasteiger partial charge in [-0.05, 0) is 6.42 Å². The van der Waals surface area contributed by atoms with Crippen LogP contribution in [-0.2, 0) is 25.9 Å². The molecule has 0 spiro atoms. The van der Waals surface area contributed by atoms with E-state index in [1.807, 2.05) is 0 Å². The van der Waals surface area contributed by atoms with Crippen LogP contribution in [0, 0.1) is 0 Å². The van der Waals surface area contributed by atoms with Crippen molar-refractivity contribution < 1.29 is 37.2 Å². The highest BCUT2D eigenvalue weighted by Gasteiger charge is 2.43. The zero-order valence-electron chi connectivity index (χ0n) is 14.4. The molecule has 2 heterocycles. The summed E-state index contributed by atoms with van der Waals surface area (Å²) in [5.41, 5.74) is 0.403. The third-order valence-corrected chi connectivity index (χ3v) is 4.62. The van der Waals surface area contributed by atoms with Crippen molar-refractivity contribution in [1.82, 2.24) is 15.0 Å². The summed E-state index contributed by atoms with van der Waals surface area (Å²) >= 11 is 0. The minimum atomic E-state index is -4.67. The summed E-state index contributed by atoms with van der Waals surface area (Å²) in [5, 5.41) is 37.8. The second-order valence-corrected chi connectivity index (χ2v) is 7.37. The summed E-state index contributed by atoms with van der Waals surface area (Å²) < 4.78 is 40.7. The summed E-state index contributed by atoms with van der Waals surface area (Å²) in [5.74, 6) is 0. The number of hydrogen-bond donors (Lipinski definition) is 4. The molecule has 5 atom stereocenters. The van der Waals surface area contributed by atoms with Crippen LogP contribution < -0.4 is 0 Å². The van der Waals surface area contributed by atoms with E-state index in [1.165, 1.54) is 10.9 Å². The van der Waals surface area contributed by atoms with Crippen LogP contribution in [0.1, 0.15) is 44.4 Å². The zero-order chi connectivity index (χ0) is 19.3. The Morgan fingerprint density at radius 2 is 2.00 bits per heavy atom. The Morgan fingerprint density at radius 3 is 2.65 bits per heavy atom. The van der Waals surface area contributed by atoms with E-state index in [9.17, 15) is 23.7 Å². The lowest BCUT2D eigenvalue weighted by atomic mass is 10.1. The first-order chi connectivity index (χ1) is 12.2. The fourth-order valence-electron chi connectivity index (χ4n) is 2.74. The van der Waals surface area contributed by atoms with Gasteiger partial charge in [-0.15, -0.1) is 5.10 Å². The van der Waals surface area contributed by atoms with E-state index in [0.29, 0.717) is 12.1 Å². The Morgan fingerprint density at radius 1 is 1.31 bits per heavy atom. The highest BCUT2D eigenvalue weighted by molar-refractivity contribution is 7.80. The average molecular weight is 395 g/mol. The fourth-order valence-corrected chi connectivity index (χ4v) is 3.05. The Bertz CT molecular complexity index is 667. The minimum Gasteiger partial charge on any atom is -0.388 e. The van der Waals surface area contributed by atoms with Crippen molar-refractivity contribution in [2.24, 2.45) is 0 Å². The number of ether oxygens (including phenoxy) is 1. The summed E-state index contributed by atoms with van der Waals surface area (Å²) in [4.78, 5) is 0. The quantitative estimate of drug-likeness (QED) is 0.291. The highest BCUT2D eigenvalue weighted by atomic mass is 32.3. The molecule has 4 N–H and O–H groups in total. The molecule has 1 unspecified atom stereocenters. The van der Waals surface area contributed by atoms with Crippen LogP contribution in [0.2, 0.25) is 0 Å². The number of hydrogen-bond acceptors (Lipinski definition) is 9. The third kappa shape index (κ3) is 5.94. The Balaban J connectivity index is 1.90. The second-order valence-electron chi connectivity index (χ2n) is 6.28. The van der Waals surface area contributed by atoms with Crippen LogP contribution in [0.15, 0.2) is 6.20 Å². The van der Waals surface area contributed by atoms with Crippen molar-refractivity contribution >= 4 is 10.4 Å². The molecule has 1 aromatic rings. The monoisotopic (exact) mass is 395 g/mol. The van der Waals surface area contributed by atoms with E-state index in [1.54, 1.807) is 0 Å². The smallest absolute Gasteiger partial charge is 0.388 e. The van der Waals surface area contributed by atoms with Crippen LogP contribution in [0.5, 0.6) is 0 Å². The molecule has 1 saturated heterocycles. The maximum absolute atomic E-state index is 10.6. The van der Waals surface area contributed by atoms with Crippen molar-refractivity contribution in [3.05, 3.63) is 11.9 Å². The number of aliphatic hydroxyl groups is 3. The van der Waals surface area contributed by atoms with E-state index >= 15 is 0 Å². The van der Waals surface area contributed by atoms with E-state index in [2.05, 4.69) is 21.4 Å². The third-order valence-electron chi connectivity index (χ3n) is 4.19. The molecular formula is C14H25N3O8S. The van der Waals surface area contributed by atoms with Gasteiger partial charge in [0.25, 0.3) is 0 Å². The summed E-state index contributed by atoms with van der Waals surface area (Å²) in [6.45, 7) is 1.47. The molecule has 0 aliphatic carbocycles. The normalized spacial score (nSPS) is 27.7. The van der Waals surface area contributed by atoms with Crippen LogP contribution in [0.25, 0.3) is 0 Å². The largest absolute Gasteiger partial charge is 0.397 e. The second kappa shape index (κ2) is 9.17. The van der Waals surface area contributed by atoms with Crippen molar-refractivity contribution in [3.8, 4) is 0 Å². The first-order valence-corrected chi connectivity index (χ1v) is 9.79. The summed E-state index contributed by atoms with van der Waals surface area (Å²) in [6, 6.07) is 0. The van der Waals surface area contributed by atoms with E-state index in [0.717, 1.165) is 19.3 Å². The van der Waals surface area contributed by atoms with Gasteiger partial charge in [-0.3, -0.25) is 4.55 Å². The number of aliphatic hydroxyl groups excluding tert-OH is 3. The molecule has 0 radical (unpaired) electrons. The number of unbranched alkanes of at least 4 members (excludes halogenated alkanes) is 2. The lowest BCUT2D eigenvalue weighted by Gasteiger charge is -2.13. The lowest BCUT2D eigenvalue weighted by molar-refractivity contribution is -0.0230. The molecule has 12 heteroatoms. The molecule has 1 aromatic heterocycles. The zero-order valence-corrected chi connectivity index (χ0v) is 15.2. The van der Waals surface area contributed by atoms with E-state index in [4.69, 9.17) is 9.29 Å². The number of rotatable bonds is 10. The molecule has 2 rings (SSSR count). The van der Waals surface area contributed by atoms with Gasteiger partial charge in [0.2, 0.25) is 0 Å². The van der Waals surface area contributed by atoms with Gasteiger partial charge in [0, 0.05) is 0 Å². The maximum atomic E-state index is 10.6. The SMILES string of the molecule is CCCCCC(O)c1cn(C[C@@H]2O[C@H](COS(=O)(=O)O)[C@@H](O)[C@@H]2O)nn1. The summed E-state index contributed by atoms with van der Waals surface area (Å²) in [6.07, 6.45) is -0.395. The molecule has 0 bridgehead atoms. The molecule has 150 valence electrons. The van der Waals surface area contributed by atoms with Crippen LogP contribution in [0.3, 0.4) is 0 Å². The van der Waals surface area contributed by atoms with Crippen molar-refractivity contribution in [2.75, 3.05) is 6.61 Å². The Hall–Kier alpha value is -1.15. The van der Waals surface area contributed by atoms with Gasteiger partial charge in [0.15, 0.2) is 0 Å². The lowest BCUT2D eigenvalue weighted by Crippen LogP contribution is -2.35. The molecule has 1 aliphatic heterocycles. The molecular weight excluding hydrogens is 370 g/mol. The molecule has 0 saturated carbocycles. The van der Waals surface area contributed by atoms with E-state index in [-0.39, 0.29) is 6.54 Å². The standard InChI is InChI=1S/C14H25N3O8S/c1-2-3-4-5-10(18)9-6-17(16-15-9)7-11-13(19)14(20)12(25-11)8-24-26(21,22)23/h6,10-14,18-20H,2-5,7-8H2,1H3,(H,21,22,23)/t10?,11-,12+,13+,14+/m0/s1. The van der Waals surface area contributed by atoms with Crippen molar-refractivity contribution in [3.63, 3.8) is 0 Å². The molecule has 11 nitrogen and oxygen atoms in total. The van der Waals surface area contributed by atoms with Gasteiger partial charge in [-0.25, -0.2) is 8.86 Å². The predicted molar refractivity (Wildman–Crippen MR) is 87.3 cm³/mol. The molecule has 26 heavy (non-hydrogen) atoms. The number of aromatic nitrogens is 3. The average Bonchev–Trinajstić information content (AvgIpc) is 3.13. The predicted octanol–water partition coefficient (Wildman–Crippen LogP) is -0.800. The van der Waals surface area contributed by atoms with Gasteiger partial charge < -0.3 is 20.1 Å². The highest BCUT2D eigenvalue weighted by Crippen LogP contribution is 2.24. The number of nitrogens with zero attached hydrogens (tertiary/aromatic N) is 3. The van der Waals surface area contributed by atoms with Gasteiger partial charge in [0.1, 0.15) is 30.1 Å².